The molecule has 0 aromatic heterocycles. The summed E-state index contributed by atoms with van der Waals surface area (Å²) in [5.41, 5.74) is 8.00. The highest BCUT2D eigenvalue weighted by Gasteiger charge is 2.30. The topological polar surface area (TPSA) is 158 Å². The molecule has 11 nitrogen and oxygen atoms in total. The van der Waals surface area contributed by atoms with E-state index in [1.807, 2.05) is 116 Å². The van der Waals surface area contributed by atoms with Crippen molar-refractivity contribution in [2.75, 3.05) is 13.2 Å². The molecule has 1 unspecified atom stereocenters. The van der Waals surface area contributed by atoms with Gasteiger partial charge in [0.05, 0.1) is 12.1 Å². The zero-order chi connectivity index (χ0) is 33.9. The van der Waals surface area contributed by atoms with Crippen LogP contribution in [0.3, 0.4) is 0 Å². The van der Waals surface area contributed by atoms with Gasteiger partial charge >= 0.3 is 18.1 Å². The van der Waals surface area contributed by atoms with Gasteiger partial charge in [0.25, 0.3) is 5.91 Å². The molecule has 0 bridgehead atoms. The van der Waals surface area contributed by atoms with Crippen molar-refractivity contribution < 1.29 is 29.0 Å². The second-order valence-electron chi connectivity index (χ2n) is 11.2. The second-order valence-corrected chi connectivity index (χ2v) is 11.2. The number of nitrogens with zero attached hydrogens (tertiary/aromatic N) is 1. The zero-order valence-corrected chi connectivity index (χ0v) is 26.4. The quantitative estimate of drug-likeness (QED) is 0.0974. The number of carbonyl (C=O) groups is 4. The number of hydrogen-bond donors (Lipinski definition) is 5. The molecule has 0 heterocycles. The molecule has 11 heteroatoms. The molecule has 1 aliphatic carbocycles. The van der Waals surface area contributed by atoms with Crippen molar-refractivity contribution in [1.29, 1.82) is 0 Å². The van der Waals surface area contributed by atoms with Gasteiger partial charge in [0.15, 0.2) is 0 Å². The molecule has 5 rings (SSSR count). The standard InChI is InChI=1S/C37H37N5O6/c1-2-13-31(39-37(47)48-23-30-28-20-11-9-18-26(28)27-19-10-12-21-29(27)30)34(35(45)38-22-32(43)44)41-42-36(46)40-33(24-14-5-3-6-15-24)25-16-7-4-8-17-25/h3-12,14-21,30-31,33H,2,13,22-23H2,1H3,(H,38,45)(H,39,47)(H,43,44)(H2,40,42,46)/b41-34+. The number of hydrazone groups is 1. The van der Waals surface area contributed by atoms with Crippen LogP contribution in [0.25, 0.3) is 11.1 Å². The number of fused-ring (bicyclic) bond motifs is 3. The minimum Gasteiger partial charge on any atom is -0.480 e. The van der Waals surface area contributed by atoms with Crippen LogP contribution < -0.4 is 21.4 Å². The van der Waals surface area contributed by atoms with Crippen LogP contribution in [-0.2, 0) is 14.3 Å². The molecule has 0 saturated carbocycles. The summed E-state index contributed by atoms with van der Waals surface area (Å²) in [5, 5.41) is 21.1. The Morgan fingerprint density at radius 1 is 0.771 bits per heavy atom. The number of rotatable bonds is 13. The summed E-state index contributed by atoms with van der Waals surface area (Å²) < 4.78 is 5.69. The fraction of sp³-hybridized carbons (Fsp3) is 0.216. The van der Waals surface area contributed by atoms with E-state index in [1.165, 1.54) is 0 Å². The van der Waals surface area contributed by atoms with Crippen LogP contribution >= 0.6 is 0 Å². The molecular formula is C37H37N5O6. The van der Waals surface area contributed by atoms with E-state index in [1.54, 1.807) is 0 Å². The molecule has 0 radical (unpaired) electrons. The SMILES string of the molecule is CCCC(NC(=O)OCC1c2ccccc2-c2ccccc21)/C(=N\NC(=O)NC(c1ccccc1)c1ccccc1)C(=O)NCC(=O)O. The number of ether oxygens (including phenoxy) is 1. The lowest BCUT2D eigenvalue weighted by Gasteiger charge is -2.22. The van der Waals surface area contributed by atoms with Crippen LogP contribution in [-0.4, -0.2) is 54.0 Å². The third kappa shape index (κ3) is 8.24. The molecular weight excluding hydrogens is 610 g/mol. The monoisotopic (exact) mass is 647 g/mol. The van der Waals surface area contributed by atoms with E-state index in [0.717, 1.165) is 33.4 Å². The normalized spacial score (nSPS) is 12.8. The highest BCUT2D eigenvalue weighted by atomic mass is 16.5. The predicted octanol–water partition coefficient (Wildman–Crippen LogP) is 5.34. The summed E-state index contributed by atoms with van der Waals surface area (Å²) >= 11 is 0. The Hall–Kier alpha value is -5.97. The van der Waals surface area contributed by atoms with Gasteiger partial charge in [0.2, 0.25) is 0 Å². The molecule has 48 heavy (non-hydrogen) atoms. The molecule has 4 amide bonds. The molecule has 1 atom stereocenters. The van der Waals surface area contributed by atoms with Gasteiger partial charge in [-0.1, -0.05) is 123 Å². The van der Waals surface area contributed by atoms with Gasteiger partial charge in [-0.25, -0.2) is 15.0 Å². The number of nitrogens with one attached hydrogen (secondary N) is 4. The first kappa shape index (κ1) is 33.4. The molecule has 0 fully saturated rings. The predicted molar refractivity (Wildman–Crippen MR) is 181 cm³/mol. The van der Waals surface area contributed by atoms with Gasteiger partial charge in [-0.05, 0) is 39.8 Å². The Balaban J connectivity index is 1.32. The molecule has 1 aliphatic rings. The highest BCUT2D eigenvalue weighted by Crippen LogP contribution is 2.44. The molecule has 246 valence electrons. The summed E-state index contributed by atoms with van der Waals surface area (Å²) in [6.45, 7) is 1.22. The largest absolute Gasteiger partial charge is 0.480 e. The van der Waals surface area contributed by atoms with E-state index in [2.05, 4.69) is 26.5 Å². The first-order valence-electron chi connectivity index (χ1n) is 15.7. The molecule has 0 saturated heterocycles. The van der Waals surface area contributed by atoms with Gasteiger partial charge in [-0.2, -0.15) is 5.10 Å². The molecule has 4 aromatic rings. The van der Waals surface area contributed by atoms with E-state index in [9.17, 15) is 19.2 Å². The number of hydrogen-bond acceptors (Lipinski definition) is 6. The Morgan fingerprint density at radius 3 is 1.85 bits per heavy atom. The van der Waals surface area contributed by atoms with Gasteiger partial charge in [0, 0.05) is 5.92 Å². The summed E-state index contributed by atoms with van der Waals surface area (Å²) in [6, 6.07) is 32.4. The Morgan fingerprint density at radius 2 is 1.31 bits per heavy atom. The number of carboxylic acid groups (broad SMARTS) is 1. The van der Waals surface area contributed by atoms with Gasteiger partial charge in [-0.15, -0.1) is 0 Å². The number of benzene rings is 4. The molecule has 0 spiro atoms. The lowest BCUT2D eigenvalue weighted by atomic mass is 9.98. The van der Waals surface area contributed by atoms with Crippen LogP contribution in [0.15, 0.2) is 114 Å². The number of amides is 4. The van der Waals surface area contributed by atoms with Crippen LogP contribution in [0.5, 0.6) is 0 Å². The lowest BCUT2D eigenvalue weighted by molar-refractivity contribution is -0.137. The van der Waals surface area contributed by atoms with Crippen molar-refractivity contribution in [1.82, 2.24) is 21.4 Å². The van der Waals surface area contributed by atoms with E-state index < -0.39 is 42.6 Å². The van der Waals surface area contributed by atoms with Crippen LogP contribution in [0.2, 0.25) is 0 Å². The Bertz CT molecular complexity index is 1690. The van der Waals surface area contributed by atoms with Crippen LogP contribution in [0.1, 0.15) is 54.0 Å². The first-order chi connectivity index (χ1) is 23.4. The van der Waals surface area contributed by atoms with E-state index in [4.69, 9.17) is 9.84 Å². The number of alkyl carbamates (subject to hydrolysis) is 1. The number of carboxylic acids is 1. The fourth-order valence-electron chi connectivity index (χ4n) is 5.81. The maximum Gasteiger partial charge on any atom is 0.407 e. The minimum atomic E-state index is -1.27. The Labute approximate surface area is 278 Å². The third-order valence-electron chi connectivity index (χ3n) is 8.00. The maximum absolute atomic E-state index is 13.2. The first-order valence-corrected chi connectivity index (χ1v) is 15.7. The van der Waals surface area contributed by atoms with Crippen molar-refractivity contribution in [2.45, 2.75) is 37.8 Å². The fourth-order valence-corrected chi connectivity index (χ4v) is 5.81. The Kier molecular flexibility index (Phi) is 11.2. The van der Waals surface area contributed by atoms with Gasteiger partial charge < -0.3 is 25.8 Å². The summed E-state index contributed by atoms with van der Waals surface area (Å²) in [6.07, 6.45) is -0.00835. The zero-order valence-electron chi connectivity index (χ0n) is 26.4. The molecule has 0 aliphatic heterocycles. The van der Waals surface area contributed by atoms with Crippen molar-refractivity contribution >= 4 is 29.7 Å². The van der Waals surface area contributed by atoms with E-state index in [-0.39, 0.29) is 24.7 Å². The van der Waals surface area contributed by atoms with Gasteiger partial charge in [0.1, 0.15) is 18.9 Å². The molecule has 5 N–H and O–H groups in total. The summed E-state index contributed by atoms with van der Waals surface area (Å²) in [7, 11) is 0. The number of urea groups is 1. The van der Waals surface area contributed by atoms with Crippen molar-refractivity contribution in [3.8, 4) is 11.1 Å². The minimum absolute atomic E-state index is 0.0530. The smallest absolute Gasteiger partial charge is 0.407 e. The summed E-state index contributed by atoms with van der Waals surface area (Å²) in [5.74, 6) is -2.30. The molecule has 4 aromatic carbocycles. The third-order valence-corrected chi connectivity index (χ3v) is 8.00. The van der Waals surface area contributed by atoms with Crippen molar-refractivity contribution in [3.05, 3.63) is 131 Å². The van der Waals surface area contributed by atoms with Crippen molar-refractivity contribution in [3.63, 3.8) is 0 Å². The number of carbonyl (C=O) groups excluding carboxylic acids is 3. The number of aliphatic carboxylic acids is 1. The second kappa shape index (κ2) is 16.0. The van der Waals surface area contributed by atoms with Crippen LogP contribution in [0, 0.1) is 0 Å². The average Bonchev–Trinajstić information content (AvgIpc) is 3.43. The van der Waals surface area contributed by atoms with Gasteiger partial charge in [-0.3, -0.25) is 9.59 Å². The van der Waals surface area contributed by atoms with E-state index in [0.29, 0.717) is 6.42 Å². The average molecular weight is 648 g/mol. The lowest BCUT2D eigenvalue weighted by Crippen LogP contribution is -2.50. The summed E-state index contributed by atoms with van der Waals surface area (Å²) in [4.78, 5) is 50.8. The van der Waals surface area contributed by atoms with Crippen LogP contribution in [0.4, 0.5) is 9.59 Å². The maximum atomic E-state index is 13.2. The highest BCUT2D eigenvalue weighted by molar-refractivity contribution is 6.41. The van der Waals surface area contributed by atoms with Crippen molar-refractivity contribution in [2.24, 2.45) is 5.10 Å². The van der Waals surface area contributed by atoms with E-state index >= 15 is 0 Å².